The Balaban J connectivity index is 1.61. The van der Waals surface area contributed by atoms with Gasteiger partial charge in [-0.05, 0) is 74.0 Å². The Hall–Kier alpha value is -8.61. The summed E-state index contributed by atoms with van der Waals surface area (Å²) in [6.45, 7) is 3.92. The van der Waals surface area contributed by atoms with E-state index >= 15 is 0 Å². The average Bonchev–Trinajstić information content (AvgIpc) is 3.91. The first-order chi connectivity index (χ1) is 37.6. The highest BCUT2D eigenvalue weighted by Gasteiger charge is 2.40. The summed E-state index contributed by atoms with van der Waals surface area (Å²) in [5.41, 5.74) is 41.3. The van der Waals surface area contributed by atoms with Gasteiger partial charge in [0.1, 0.15) is 42.3 Å². The summed E-state index contributed by atoms with van der Waals surface area (Å²) in [5, 5.41) is 16.3. The molecule has 20 N–H and O–H groups in total. The van der Waals surface area contributed by atoms with E-state index in [1.54, 1.807) is 54.6 Å². The molecule has 0 spiro atoms. The fraction of sp³-hybridized carbons (Fsp3) is 0.463. The molecule has 8 atom stereocenters. The van der Waals surface area contributed by atoms with Crippen LogP contribution in [0.1, 0.15) is 81.9 Å². The summed E-state index contributed by atoms with van der Waals surface area (Å²) < 4.78 is 0. The second-order valence-corrected chi connectivity index (χ2v) is 19.8. The lowest BCUT2D eigenvalue weighted by Crippen LogP contribution is -2.60. The van der Waals surface area contributed by atoms with Crippen molar-refractivity contribution in [2.75, 3.05) is 19.6 Å². The molecule has 79 heavy (non-hydrogen) atoms. The van der Waals surface area contributed by atoms with E-state index in [0.717, 1.165) is 11.1 Å². The first kappa shape index (κ1) is 62.9. The number of carbonyl (C=O) groups is 9. The fourth-order valence-corrected chi connectivity index (χ4v) is 8.88. The third kappa shape index (κ3) is 22.1. The van der Waals surface area contributed by atoms with Gasteiger partial charge in [-0.15, -0.1) is 0 Å². The van der Waals surface area contributed by atoms with E-state index in [1.165, 1.54) is 4.90 Å². The van der Waals surface area contributed by atoms with Crippen LogP contribution in [0.25, 0.3) is 0 Å². The van der Waals surface area contributed by atoms with Gasteiger partial charge in [-0.2, -0.15) is 0 Å². The molecular formula is C54H78N16O9. The normalized spacial score (nSPS) is 15.5. The van der Waals surface area contributed by atoms with Crippen LogP contribution in [-0.4, -0.2) is 138 Å². The molecule has 0 aromatic heterocycles. The second-order valence-electron chi connectivity index (χ2n) is 19.8. The van der Waals surface area contributed by atoms with Crippen molar-refractivity contribution in [3.8, 4) is 0 Å². The summed E-state index contributed by atoms with van der Waals surface area (Å²) in [7, 11) is 0. The zero-order valence-corrected chi connectivity index (χ0v) is 44.8. The number of guanidine groups is 2. The highest BCUT2D eigenvalue weighted by atomic mass is 16.2. The van der Waals surface area contributed by atoms with E-state index in [-0.39, 0.29) is 95.3 Å². The van der Waals surface area contributed by atoms with Gasteiger partial charge >= 0.3 is 0 Å². The van der Waals surface area contributed by atoms with Crippen LogP contribution in [0.5, 0.6) is 0 Å². The molecule has 25 heteroatoms. The predicted molar refractivity (Wildman–Crippen MR) is 297 cm³/mol. The molecule has 1 saturated heterocycles. The van der Waals surface area contributed by atoms with Crippen molar-refractivity contribution in [2.24, 2.45) is 56.0 Å². The van der Waals surface area contributed by atoms with Crippen molar-refractivity contribution in [3.05, 3.63) is 108 Å². The fourth-order valence-electron chi connectivity index (χ4n) is 8.88. The van der Waals surface area contributed by atoms with Crippen molar-refractivity contribution >= 4 is 65.1 Å². The maximum atomic E-state index is 14.8. The summed E-state index contributed by atoms with van der Waals surface area (Å²) in [5.74, 6) is -7.53. The van der Waals surface area contributed by atoms with Crippen molar-refractivity contribution in [3.63, 3.8) is 0 Å². The standard InChI is InChI=1S/C54H78N16O9/c1-32(2)27-40(68-50(77)41(29-34-17-8-4-9-18-34)67-46(73)36(55)28-33-15-6-3-7-16-33)48(75)69-42(30-35-19-10-5-11-20-35)49(76)65-38(22-13-25-63-54(60)61)52(79)70-26-14-23-43(70)51(78)64-37(21-12-24-62-53(58)59)47(74)66-39(45(57)72)31-44(56)71/h3-11,15-20,32,36-43H,12-14,21-31,55H2,1-2H3,(H2,56,71)(H2,57,72)(H,64,78)(H,65,76)(H,66,74)(H,67,73)(H,68,77)(H,69,75)(H4,58,59,62)(H4,60,61,63)/t36-,37-,38-,39-,40-,41-,42-,43-/m0/s1. The van der Waals surface area contributed by atoms with Crippen molar-refractivity contribution in [1.82, 2.24) is 36.8 Å². The van der Waals surface area contributed by atoms with E-state index in [2.05, 4.69) is 41.9 Å². The Morgan fingerprint density at radius 1 is 0.532 bits per heavy atom. The molecule has 25 nitrogen and oxygen atoms in total. The third-order valence-electron chi connectivity index (χ3n) is 12.8. The molecular weight excluding hydrogens is 1020 g/mol. The van der Waals surface area contributed by atoms with Crippen LogP contribution in [0.4, 0.5) is 0 Å². The first-order valence-corrected chi connectivity index (χ1v) is 26.3. The molecule has 0 bridgehead atoms. The number of nitrogens with one attached hydrogen (secondary N) is 6. The zero-order valence-electron chi connectivity index (χ0n) is 44.8. The van der Waals surface area contributed by atoms with Crippen LogP contribution in [0, 0.1) is 5.92 Å². The molecule has 0 unspecified atom stereocenters. The number of carbonyl (C=O) groups excluding carboxylic acids is 9. The molecule has 0 aliphatic carbocycles. The molecule has 9 amide bonds. The van der Waals surface area contributed by atoms with E-state index in [1.807, 2.05) is 50.2 Å². The maximum Gasteiger partial charge on any atom is 0.245 e. The summed E-state index contributed by atoms with van der Waals surface area (Å²) in [6, 6.07) is 17.0. The van der Waals surface area contributed by atoms with Crippen LogP contribution >= 0.6 is 0 Å². The molecule has 1 fully saturated rings. The lowest BCUT2D eigenvalue weighted by atomic mass is 9.99. The Kier molecular flexibility index (Phi) is 25.7. The minimum Gasteiger partial charge on any atom is -0.370 e. The smallest absolute Gasteiger partial charge is 0.245 e. The van der Waals surface area contributed by atoms with Gasteiger partial charge in [-0.25, -0.2) is 0 Å². The Labute approximate surface area is 459 Å². The van der Waals surface area contributed by atoms with Gasteiger partial charge in [-0.3, -0.25) is 53.1 Å². The number of hydrogen-bond acceptors (Lipinski definition) is 12. The van der Waals surface area contributed by atoms with Gasteiger partial charge in [0.25, 0.3) is 0 Å². The van der Waals surface area contributed by atoms with E-state index in [4.69, 9.17) is 40.1 Å². The Bertz CT molecular complexity index is 2580. The van der Waals surface area contributed by atoms with Crippen LogP contribution in [0.15, 0.2) is 101 Å². The maximum absolute atomic E-state index is 14.8. The van der Waals surface area contributed by atoms with E-state index in [9.17, 15) is 43.2 Å². The lowest BCUT2D eigenvalue weighted by Gasteiger charge is -2.31. The van der Waals surface area contributed by atoms with Crippen LogP contribution < -0.4 is 72.0 Å². The molecule has 1 aliphatic heterocycles. The summed E-state index contributed by atoms with van der Waals surface area (Å²) >= 11 is 0. The van der Waals surface area contributed by atoms with Crippen LogP contribution in [-0.2, 0) is 62.4 Å². The average molecular weight is 1100 g/mol. The Morgan fingerprint density at radius 2 is 0.949 bits per heavy atom. The highest BCUT2D eigenvalue weighted by molar-refractivity contribution is 5.98. The lowest BCUT2D eigenvalue weighted by molar-refractivity contribution is -0.142. The predicted octanol–water partition coefficient (Wildman–Crippen LogP) is -2.54. The summed E-state index contributed by atoms with van der Waals surface area (Å²) in [4.78, 5) is 133. The van der Waals surface area contributed by atoms with Crippen molar-refractivity contribution in [1.29, 1.82) is 0 Å². The van der Waals surface area contributed by atoms with Gasteiger partial charge in [0.05, 0.1) is 12.5 Å². The molecule has 0 radical (unpaired) electrons. The molecule has 3 aromatic carbocycles. The molecule has 1 aliphatic rings. The number of aliphatic imine (C=N–C) groups is 2. The zero-order chi connectivity index (χ0) is 58.0. The minimum atomic E-state index is -1.49. The molecule has 1 heterocycles. The monoisotopic (exact) mass is 1090 g/mol. The molecule has 4 rings (SSSR count). The largest absolute Gasteiger partial charge is 0.370 e. The van der Waals surface area contributed by atoms with Crippen LogP contribution in [0.2, 0.25) is 0 Å². The number of amides is 9. The van der Waals surface area contributed by atoms with Gasteiger partial charge in [0.2, 0.25) is 53.2 Å². The molecule has 0 saturated carbocycles. The Morgan fingerprint density at radius 3 is 1.42 bits per heavy atom. The number of hydrogen-bond donors (Lipinski definition) is 13. The first-order valence-electron chi connectivity index (χ1n) is 26.3. The van der Waals surface area contributed by atoms with E-state index < -0.39 is 108 Å². The number of primary amides is 2. The van der Waals surface area contributed by atoms with Gasteiger partial charge in [0, 0.05) is 32.5 Å². The van der Waals surface area contributed by atoms with Gasteiger partial charge in [-0.1, -0.05) is 105 Å². The minimum absolute atomic E-state index is 0.0298. The SMILES string of the molecule is CC(C)C[C@H](NC(=O)[C@H](Cc1ccccc1)NC(=O)[C@@H](N)Cc1ccccc1)C(=O)N[C@@H](Cc1ccccc1)C(=O)N[C@@H](CCCN=C(N)N)C(=O)N1CCC[C@H]1C(=O)N[C@@H](CCCN=C(N)N)C(=O)N[C@@H](CC(N)=O)C(N)=O. The quantitative estimate of drug-likeness (QED) is 0.0174. The molecule has 3 aromatic rings. The number of likely N-dealkylation sites (tertiary alicyclic amines) is 1. The molecule has 428 valence electrons. The number of benzene rings is 3. The highest BCUT2D eigenvalue weighted by Crippen LogP contribution is 2.21. The number of nitrogens with zero attached hydrogens (tertiary/aromatic N) is 3. The van der Waals surface area contributed by atoms with Gasteiger partial charge < -0.3 is 76.9 Å². The topological polar surface area (TPSA) is 436 Å². The van der Waals surface area contributed by atoms with Gasteiger partial charge in [0.15, 0.2) is 11.9 Å². The van der Waals surface area contributed by atoms with E-state index in [0.29, 0.717) is 12.0 Å². The van der Waals surface area contributed by atoms with Crippen LogP contribution in [0.3, 0.4) is 0 Å². The van der Waals surface area contributed by atoms with Crippen molar-refractivity contribution in [2.45, 2.75) is 133 Å². The third-order valence-corrected chi connectivity index (χ3v) is 12.8. The second kappa shape index (κ2) is 32.2. The van der Waals surface area contributed by atoms with Crippen molar-refractivity contribution < 1.29 is 43.2 Å². The summed E-state index contributed by atoms with van der Waals surface area (Å²) in [6.07, 6.45) is 0.523. The number of rotatable bonds is 32. The number of nitrogens with two attached hydrogens (primary N) is 7.